The lowest BCUT2D eigenvalue weighted by Gasteiger charge is -2.18. The van der Waals surface area contributed by atoms with Gasteiger partial charge in [-0.2, -0.15) is 0 Å². The predicted octanol–water partition coefficient (Wildman–Crippen LogP) is 5.72. The van der Waals surface area contributed by atoms with Crippen LogP contribution in [0.15, 0.2) is 91.0 Å². The molecule has 2 unspecified atom stereocenters. The molecule has 0 aromatic heterocycles. The van der Waals surface area contributed by atoms with Crippen LogP contribution in [0.1, 0.15) is 33.5 Å². The third-order valence-electron chi connectivity index (χ3n) is 6.44. The zero-order valence-electron chi connectivity index (χ0n) is 20.3. The molecule has 186 valence electrons. The molecule has 0 fully saturated rings. The number of methoxy groups -OCH3 is 1. The molecule has 5 rings (SSSR count). The van der Waals surface area contributed by atoms with Crippen molar-refractivity contribution in [1.29, 1.82) is 0 Å². The number of ether oxygens (including phenoxy) is 2. The number of likely N-dealkylation sites (N-methyl/N-ethyl adjacent to an activating group) is 1. The highest BCUT2D eigenvalue weighted by atomic mass is 19.1. The number of carbonyl (C=O) groups is 2. The van der Waals surface area contributed by atoms with Crippen LogP contribution in [0.4, 0.5) is 10.1 Å². The summed E-state index contributed by atoms with van der Waals surface area (Å²) in [4.78, 5) is 25.9. The molecule has 0 spiro atoms. The van der Waals surface area contributed by atoms with Crippen molar-refractivity contribution in [2.75, 3.05) is 19.5 Å². The Kier molecular flexibility index (Phi) is 6.60. The van der Waals surface area contributed by atoms with Gasteiger partial charge in [-0.1, -0.05) is 42.5 Å². The van der Waals surface area contributed by atoms with Crippen LogP contribution in [0.25, 0.3) is 11.1 Å². The fraction of sp³-hybridized carbons (Fsp3) is 0.133. The Morgan fingerprint density at radius 1 is 0.892 bits per heavy atom. The molecule has 0 saturated carbocycles. The molecule has 0 saturated heterocycles. The maximum Gasteiger partial charge on any atom is 0.255 e. The molecule has 6 nitrogen and oxygen atoms in total. The zero-order chi connectivity index (χ0) is 25.9. The van der Waals surface area contributed by atoms with Gasteiger partial charge in [0, 0.05) is 18.2 Å². The van der Waals surface area contributed by atoms with Gasteiger partial charge >= 0.3 is 0 Å². The topological polar surface area (TPSA) is 76.7 Å². The number of anilines is 1. The van der Waals surface area contributed by atoms with Gasteiger partial charge in [0.1, 0.15) is 29.3 Å². The van der Waals surface area contributed by atoms with Gasteiger partial charge in [0.15, 0.2) is 0 Å². The molecule has 37 heavy (non-hydrogen) atoms. The third kappa shape index (κ3) is 4.76. The molecule has 1 aliphatic rings. The van der Waals surface area contributed by atoms with Crippen LogP contribution in [0, 0.1) is 5.82 Å². The van der Waals surface area contributed by atoms with Crippen molar-refractivity contribution < 1.29 is 23.5 Å². The SMILES string of the molecule is CNC(=O)C1c2cc(-c3cccc(C(=O)Nc4ccccc4OC)c3)ccc2OC1c1ccc(F)cc1. The fourth-order valence-electron chi connectivity index (χ4n) is 4.58. The van der Waals surface area contributed by atoms with Gasteiger partial charge in [-0.25, -0.2) is 4.39 Å². The van der Waals surface area contributed by atoms with E-state index in [-0.39, 0.29) is 17.6 Å². The van der Waals surface area contributed by atoms with Gasteiger partial charge in [0.2, 0.25) is 5.91 Å². The molecule has 2 atom stereocenters. The van der Waals surface area contributed by atoms with E-state index in [1.807, 2.05) is 42.5 Å². The molecule has 0 bridgehead atoms. The lowest BCUT2D eigenvalue weighted by atomic mass is 9.88. The highest BCUT2D eigenvalue weighted by molar-refractivity contribution is 6.05. The van der Waals surface area contributed by atoms with Gasteiger partial charge < -0.3 is 20.1 Å². The molecular weight excluding hydrogens is 471 g/mol. The summed E-state index contributed by atoms with van der Waals surface area (Å²) in [6.45, 7) is 0. The molecule has 2 N–H and O–H groups in total. The van der Waals surface area contributed by atoms with E-state index in [0.717, 1.165) is 16.7 Å². The van der Waals surface area contributed by atoms with Gasteiger partial charge in [0.25, 0.3) is 5.91 Å². The Morgan fingerprint density at radius 2 is 1.65 bits per heavy atom. The first-order chi connectivity index (χ1) is 18.0. The van der Waals surface area contributed by atoms with Crippen LogP contribution in [-0.4, -0.2) is 26.0 Å². The van der Waals surface area contributed by atoms with Gasteiger partial charge in [0.05, 0.1) is 12.8 Å². The second-order valence-electron chi connectivity index (χ2n) is 8.67. The molecule has 4 aromatic rings. The van der Waals surface area contributed by atoms with Crippen molar-refractivity contribution in [2.24, 2.45) is 0 Å². The van der Waals surface area contributed by atoms with Crippen LogP contribution >= 0.6 is 0 Å². The minimum absolute atomic E-state index is 0.199. The van der Waals surface area contributed by atoms with Crippen molar-refractivity contribution >= 4 is 17.5 Å². The molecule has 1 heterocycles. The average molecular weight is 497 g/mol. The number of nitrogens with one attached hydrogen (secondary N) is 2. The van der Waals surface area contributed by atoms with E-state index in [0.29, 0.717) is 28.3 Å². The van der Waals surface area contributed by atoms with Crippen molar-refractivity contribution in [1.82, 2.24) is 5.32 Å². The molecule has 2 amide bonds. The highest BCUT2D eigenvalue weighted by Gasteiger charge is 2.40. The van der Waals surface area contributed by atoms with Crippen molar-refractivity contribution in [3.63, 3.8) is 0 Å². The Morgan fingerprint density at radius 3 is 2.41 bits per heavy atom. The third-order valence-corrected chi connectivity index (χ3v) is 6.44. The van der Waals surface area contributed by atoms with E-state index in [9.17, 15) is 14.0 Å². The number of para-hydroxylation sites is 2. The van der Waals surface area contributed by atoms with Crippen LogP contribution in [0.3, 0.4) is 0 Å². The first kappa shape index (κ1) is 24.1. The van der Waals surface area contributed by atoms with Gasteiger partial charge in [-0.05, 0) is 65.2 Å². The van der Waals surface area contributed by atoms with Gasteiger partial charge in [-0.15, -0.1) is 0 Å². The quantitative estimate of drug-likeness (QED) is 0.358. The Labute approximate surface area is 214 Å². The lowest BCUT2D eigenvalue weighted by Crippen LogP contribution is -2.28. The molecule has 7 heteroatoms. The Hall–Kier alpha value is -4.65. The maximum absolute atomic E-state index is 13.5. The van der Waals surface area contributed by atoms with Crippen molar-refractivity contribution in [3.8, 4) is 22.6 Å². The Bertz CT molecular complexity index is 1470. The number of hydrogen-bond donors (Lipinski definition) is 2. The summed E-state index contributed by atoms with van der Waals surface area (Å²) in [5.41, 5.74) is 4.15. The van der Waals surface area contributed by atoms with E-state index in [1.165, 1.54) is 12.1 Å². The van der Waals surface area contributed by atoms with Gasteiger partial charge in [-0.3, -0.25) is 9.59 Å². The molecule has 0 radical (unpaired) electrons. The van der Waals surface area contributed by atoms with E-state index in [2.05, 4.69) is 10.6 Å². The molecule has 0 aliphatic carbocycles. The van der Waals surface area contributed by atoms with Crippen LogP contribution in [-0.2, 0) is 4.79 Å². The van der Waals surface area contributed by atoms with Crippen molar-refractivity contribution in [3.05, 3.63) is 114 Å². The number of carbonyl (C=O) groups excluding carboxylic acids is 2. The highest BCUT2D eigenvalue weighted by Crippen LogP contribution is 2.47. The normalized spacial score (nSPS) is 15.9. The van der Waals surface area contributed by atoms with E-state index < -0.39 is 12.0 Å². The summed E-state index contributed by atoms with van der Waals surface area (Å²) in [6.07, 6.45) is -0.580. The predicted molar refractivity (Wildman–Crippen MR) is 139 cm³/mol. The minimum Gasteiger partial charge on any atom is -0.495 e. The van der Waals surface area contributed by atoms with Crippen LogP contribution in [0.2, 0.25) is 0 Å². The fourth-order valence-corrected chi connectivity index (χ4v) is 4.58. The summed E-state index contributed by atoms with van der Waals surface area (Å²) < 4.78 is 25.0. The lowest BCUT2D eigenvalue weighted by molar-refractivity contribution is -0.123. The largest absolute Gasteiger partial charge is 0.495 e. The van der Waals surface area contributed by atoms with Crippen LogP contribution in [0.5, 0.6) is 11.5 Å². The van der Waals surface area contributed by atoms with E-state index in [1.54, 1.807) is 50.6 Å². The number of rotatable bonds is 6. The first-order valence-electron chi connectivity index (χ1n) is 11.8. The standard InChI is InChI=1S/C30H25FN2O4/c1-32-30(35)27-23-17-20(12-15-25(23)37-28(27)18-10-13-22(31)14-11-18)19-6-5-7-21(16-19)29(34)33-24-8-3-4-9-26(24)36-2/h3-17,27-28H,1-2H3,(H,32,35)(H,33,34). The number of fused-ring (bicyclic) bond motifs is 1. The summed E-state index contributed by atoms with van der Waals surface area (Å²) in [6, 6.07) is 26.1. The number of hydrogen-bond acceptors (Lipinski definition) is 4. The summed E-state index contributed by atoms with van der Waals surface area (Å²) in [7, 11) is 3.13. The first-order valence-corrected chi connectivity index (χ1v) is 11.8. The molecular formula is C30H25FN2O4. The van der Waals surface area contributed by atoms with E-state index in [4.69, 9.17) is 9.47 Å². The minimum atomic E-state index is -0.609. The number of amides is 2. The van der Waals surface area contributed by atoms with Crippen molar-refractivity contribution in [2.45, 2.75) is 12.0 Å². The monoisotopic (exact) mass is 496 g/mol. The molecule has 1 aliphatic heterocycles. The molecule has 4 aromatic carbocycles. The number of halogens is 1. The second-order valence-corrected chi connectivity index (χ2v) is 8.67. The maximum atomic E-state index is 13.5. The van der Waals surface area contributed by atoms with E-state index >= 15 is 0 Å². The Balaban J connectivity index is 1.46. The van der Waals surface area contributed by atoms with Crippen LogP contribution < -0.4 is 20.1 Å². The summed E-state index contributed by atoms with van der Waals surface area (Å²) in [5, 5.41) is 5.61. The number of benzene rings is 4. The zero-order valence-corrected chi connectivity index (χ0v) is 20.3. The summed E-state index contributed by atoms with van der Waals surface area (Å²) >= 11 is 0. The average Bonchev–Trinajstić information content (AvgIpc) is 3.32. The smallest absolute Gasteiger partial charge is 0.255 e. The second kappa shape index (κ2) is 10.1. The summed E-state index contributed by atoms with van der Waals surface area (Å²) in [5.74, 6) is -0.265.